The van der Waals surface area contributed by atoms with Crippen molar-refractivity contribution in [3.05, 3.63) is 69.0 Å². The molecule has 2 amide bonds. The fourth-order valence-corrected chi connectivity index (χ4v) is 3.86. The molecule has 1 aromatic heterocycles. The molecule has 162 valence electrons. The van der Waals surface area contributed by atoms with Gasteiger partial charge in [-0.05, 0) is 43.2 Å². The van der Waals surface area contributed by atoms with Gasteiger partial charge in [-0.25, -0.2) is 4.98 Å². The summed E-state index contributed by atoms with van der Waals surface area (Å²) >= 11 is 7.17. The third-order valence-electron chi connectivity index (χ3n) is 4.39. The van der Waals surface area contributed by atoms with Crippen LogP contribution in [0.5, 0.6) is 0 Å². The largest absolute Gasteiger partial charge is 0.287 e. The normalized spacial score (nSPS) is 11.0. The minimum atomic E-state index is -0.410. The Morgan fingerprint density at radius 3 is 2.52 bits per heavy atom. The smallest absolute Gasteiger partial charge is 0.269 e. The van der Waals surface area contributed by atoms with Crippen LogP contribution in [0.2, 0.25) is 5.02 Å². The molecule has 0 fully saturated rings. The highest BCUT2D eigenvalue weighted by molar-refractivity contribution is 7.99. The zero-order chi connectivity index (χ0) is 22.5. The number of aryl methyl sites for hydroxylation is 1. The number of nitrogens with zero attached hydrogens (tertiary/aromatic N) is 2. The van der Waals surface area contributed by atoms with Gasteiger partial charge in [-0.3, -0.25) is 29.8 Å². The molecule has 3 rings (SSSR count). The lowest BCUT2D eigenvalue weighted by Crippen LogP contribution is -2.42. The van der Waals surface area contributed by atoms with Crippen molar-refractivity contribution in [3.8, 4) is 0 Å². The average molecular weight is 459 g/mol. The highest BCUT2D eigenvalue weighted by Gasteiger charge is 2.15. The lowest BCUT2D eigenvalue weighted by Gasteiger charge is -2.15. The van der Waals surface area contributed by atoms with Crippen LogP contribution >= 0.6 is 23.4 Å². The van der Waals surface area contributed by atoms with Crippen molar-refractivity contribution in [2.75, 3.05) is 5.75 Å². The van der Waals surface area contributed by atoms with Gasteiger partial charge in [0.05, 0.1) is 16.7 Å². The molecule has 0 spiro atoms. The minimum Gasteiger partial charge on any atom is -0.287 e. The number of fused-ring (bicyclic) bond motifs is 1. The standard InChI is InChI=1S/C22H23ClN4O3S/c1-13(2)11-27-21(30)17-10-16(23)8-9-18(17)24-22(27)31-12-19(28)25-26-20(29)15-6-4-14(3)5-7-15/h4-10,13H,11-12H2,1-3H3,(H,25,28)(H,26,29). The fraction of sp³-hybridized carbons (Fsp3) is 0.273. The van der Waals surface area contributed by atoms with Gasteiger partial charge in [0.15, 0.2) is 5.16 Å². The number of benzene rings is 2. The summed E-state index contributed by atoms with van der Waals surface area (Å²) in [4.78, 5) is 41.9. The molecular formula is C22H23ClN4O3S. The highest BCUT2D eigenvalue weighted by Crippen LogP contribution is 2.21. The second kappa shape index (κ2) is 9.98. The number of hydrogen-bond donors (Lipinski definition) is 2. The fourth-order valence-electron chi connectivity index (χ4n) is 2.88. The predicted octanol–water partition coefficient (Wildman–Crippen LogP) is 3.57. The maximum Gasteiger partial charge on any atom is 0.269 e. The number of halogens is 1. The van der Waals surface area contributed by atoms with E-state index < -0.39 is 11.8 Å². The Morgan fingerprint density at radius 1 is 1.13 bits per heavy atom. The molecule has 0 saturated carbocycles. The van der Waals surface area contributed by atoms with Crippen LogP contribution in [-0.4, -0.2) is 27.1 Å². The van der Waals surface area contributed by atoms with Crippen molar-refractivity contribution in [1.29, 1.82) is 0 Å². The van der Waals surface area contributed by atoms with Crippen molar-refractivity contribution in [2.45, 2.75) is 32.5 Å². The topological polar surface area (TPSA) is 93.1 Å². The lowest BCUT2D eigenvalue weighted by molar-refractivity contribution is -0.119. The van der Waals surface area contributed by atoms with Crippen LogP contribution in [0, 0.1) is 12.8 Å². The Balaban J connectivity index is 1.71. The van der Waals surface area contributed by atoms with Crippen LogP contribution in [-0.2, 0) is 11.3 Å². The molecular weight excluding hydrogens is 436 g/mol. The van der Waals surface area contributed by atoms with Crippen LogP contribution in [0.4, 0.5) is 0 Å². The maximum absolute atomic E-state index is 13.0. The second-order valence-corrected chi connectivity index (χ2v) is 8.90. The number of rotatable bonds is 6. The molecule has 2 N–H and O–H groups in total. The van der Waals surface area contributed by atoms with Crippen molar-refractivity contribution in [3.63, 3.8) is 0 Å². The molecule has 7 nitrogen and oxygen atoms in total. The molecule has 0 atom stereocenters. The molecule has 3 aromatic rings. The van der Waals surface area contributed by atoms with Crippen molar-refractivity contribution < 1.29 is 9.59 Å². The zero-order valence-electron chi connectivity index (χ0n) is 17.4. The van der Waals surface area contributed by atoms with Gasteiger partial charge in [0.1, 0.15) is 0 Å². The predicted molar refractivity (Wildman–Crippen MR) is 123 cm³/mol. The van der Waals surface area contributed by atoms with Crippen LogP contribution in [0.1, 0.15) is 29.8 Å². The summed E-state index contributed by atoms with van der Waals surface area (Å²) in [6.45, 7) is 6.38. The quantitative estimate of drug-likeness (QED) is 0.334. The highest BCUT2D eigenvalue weighted by atomic mass is 35.5. The monoisotopic (exact) mass is 458 g/mol. The molecule has 1 heterocycles. The van der Waals surface area contributed by atoms with Crippen molar-refractivity contribution in [1.82, 2.24) is 20.4 Å². The SMILES string of the molecule is Cc1ccc(C(=O)NNC(=O)CSc2nc3ccc(Cl)cc3c(=O)n2CC(C)C)cc1. The number of carbonyl (C=O) groups is 2. The minimum absolute atomic E-state index is 0.0161. The molecule has 0 bridgehead atoms. The molecule has 9 heteroatoms. The first-order valence-corrected chi connectivity index (χ1v) is 11.1. The van der Waals surface area contributed by atoms with Gasteiger partial charge in [0.25, 0.3) is 11.5 Å². The number of nitrogens with one attached hydrogen (secondary N) is 2. The molecule has 0 aliphatic carbocycles. The molecule has 0 radical (unpaired) electrons. The molecule has 31 heavy (non-hydrogen) atoms. The Bertz CT molecular complexity index is 1180. The van der Waals surface area contributed by atoms with E-state index in [1.165, 1.54) is 0 Å². The van der Waals surface area contributed by atoms with E-state index in [-0.39, 0.29) is 17.2 Å². The van der Waals surface area contributed by atoms with E-state index in [1.807, 2.05) is 32.9 Å². The summed E-state index contributed by atoms with van der Waals surface area (Å²) in [5, 5.41) is 1.34. The second-order valence-electron chi connectivity index (χ2n) is 7.52. The molecule has 2 aromatic carbocycles. The number of carbonyl (C=O) groups excluding carboxylic acids is 2. The molecule has 0 unspecified atom stereocenters. The average Bonchev–Trinajstić information content (AvgIpc) is 2.73. The van der Waals surface area contributed by atoms with Gasteiger partial charge in [0, 0.05) is 17.1 Å². The summed E-state index contributed by atoms with van der Waals surface area (Å²) in [7, 11) is 0. The van der Waals surface area contributed by atoms with Gasteiger partial charge in [0.2, 0.25) is 5.91 Å². The number of amides is 2. The Morgan fingerprint density at radius 2 is 1.84 bits per heavy atom. The summed E-state index contributed by atoms with van der Waals surface area (Å²) in [6, 6.07) is 12.0. The lowest BCUT2D eigenvalue weighted by atomic mass is 10.1. The number of hydrogen-bond acceptors (Lipinski definition) is 5. The van der Waals surface area contributed by atoms with E-state index in [4.69, 9.17) is 11.6 Å². The van der Waals surface area contributed by atoms with Gasteiger partial charge in [-0.15, -0.1) is 0 Å². The first-order valence-electron chi connectivity index (χ1n) is 9.73. The Labute approximate surface area is 189 Å². The van der Waals surface area contributed by atoms with Crippen LogP contribution in [0.3, 0.4) is 0 Å². The third-order valence-corrected chi connectivity index (χ3v) is 5.60. The first-order chi connectivity index (χ1) is 14.7. The van der Waals surface area contributed by atoms with Gasteiger partial charge in [-0.1, -0.05) is 54.9 Å². The van der Waals surface area contributed by atoms with E-state index in [1.54, 1.807) is 34.9 Å². The van der Waals surface area contributed by atoms with E-state index in [9.17, 15) is 14.4 Å². The van der Waals surface area contributed by atoms with E-state index in [0.29, 0.717) is 33.2 Å². The van der Waals surface area contributed by atoms with E-state index in [2.05, 4.69) is 15.8 Å². The zero-order valence-corrected chi connectivity index (χ0v) is 19.0. The van der Waals surface area contributed by atoms with Gasteiger partial charge < -0.3 is 0 Å². The molecule has 0 aliphatic heterocycles. The Kier molecular flexibility index (Phi) is 7.35. The number of hydrazine groups is 1. The van der Waals surface area contributed by atoms with Crippen LogP contribution in [0.15, 0.2) is 52.4 Å². The maximum atomic E-state index is 13.0. The molecule has 0 saturated heterocycles. The summed E-state index contributed by atoms with van der Waals surface area (Å²) in [6.07, 6.45) is 0. The van der Waals surface area contributed by atoms with Crippen molar-refractivity contribution in [2.24, 2.45) is 5.92 Å². The van der Waals surface area contributed by atoms with Crippen molar-refractivity contribution >= 4 is 46.1 Å². The Hall–Kier alpha value is -2.84. The summed E-state index contributed by atoms with van der Waals surface area (Å²) in [5.74, 6) is -0.626. The molecule has 0 aliphatic rings. The van der Waals surface area contributed by atoms with E-state index >= 15 is 0 Å². The number of thioether (sulfide) groups is 1. The number of aromatic nitrogens is 2. The summed E-state index contributed by atoms with van der Waals surface area (Å²) < 4.78 is 1.56. The van der Waals surface area contributed by atoms with Crippen LogP contribution < -0.4 is 16.4 Å². The van der Waals surface area contributed by atoms with Gasteiger partial charge >= 0.3 is 0 Å². The summed E-state index contributed by atoms with van der Waals surface area (Å²) in [5.41, 5.74) is 6.59. The van der Waals surface area contributed by atoms with E-state index in [0.717, 1.165) is 17.3 Å². The van der Waals surface area contributed by atoms with Crippen LogP contribution in [0.25, 0.3) is 10.9 Å². The van der Waals surface area contributed by atoms with Gasteiger partial charge in [-0.2, -0.15) is 0 Å². The third kappa shape index (κ3) is 5.86. The first kappa shape index (κ1) is 22.8.